The lowest BCUT2D eigenvalue weighted by molar-refractivity contribution is -0.121. The molecule has 0 aliphatic heterocycles. The molecule has 15 heavy (non-hydrogen) atoms. The van der Waals surface area contributed by atoms with Gasteiger partial charge in [0.1, 0.15) is 0 Å². The zero-order valence-corrected chi connectivity index (χ0v) is 10.4. The summed E-state index contributed by atoms with van der Waals surface area (Å²) in [5, 5.41) is 0. The lowest BCUT2D eigenvalue weighted by atomic mass is 10.0. The van der Waals surface area contributed by atoms with Crippen molar-refractivity contribution >= 4 is 5.91 Å². The van der Waals surface area contributed by atoms with Gasteiger partial charge in [-0.2, -0.15) is 0 Å². The number of nitrogens with one attached hydrogen (secondary N) is 1. The average Bonchev–Trinajstić information content (AvgIpc) is 2.16. The molecule has 1 atom stereocenters. The summed E-state index contributed by atoms with van der Waals surface area (Å²) in [4.78, 5) is 13.2. The predicted octanol–water partition coefficient (Wildman–Crippen LogP) is 1.12. The van der Waals surface area contributed by atoms with E-state index in [1.165, 1.54) is 6.42 Å². The highest BCUT2D eigenvalue weighted by atomic mass is 16.2. The number of amides is 1. The van der Waals surface area contributed by atoms with Gasteiger partial charge in [0.25, 0.3) is 0 Å². The Labute approximate surface area is 93.2 Å². The Kier molecular flexibility index (Phi) is 7.34. The largest absolute Gasteiger partial charge is 0.304 e. The number of rotatable bonds is 7. The topological polar surface area (TPSA) is 58.4 Å². The molecule has 0 saturated heterocycles. The van der Waals surface area contributed by atoms with Crippen molar-refractivity contribution in [2.24, 2.45) is 11.8 Å². The van der Waals surface area contributed by atoms with E-state index in [0.717, 1.165) is 18.9 Å². The molecule has 1 amide bonds. The number of hydrogen-bond donors (Lipinski definition) is 2. The minimum Gasteiger partial charge on any atom is -0.304 e. The third-order valence-corrected chi connectivity index (χ3v) is 2.64. The fourth-order valence-electron chi connectivity index (χ4n) is 1.64. The monoisotopic (exact) mass is 215 g/mol. The molecule has 0 rings (SSSR count). The standard InChI is InChI=1S/C11H25N3O/c1-9(2)8-10(3)14(4)7-5-6-11(15)13-12/h9-10H,5-8,12H2,1-4H3,(H,13,15). The van der Waals surface area contributed by atoms with Gasteiger partial charge in [0.15, 0.2) is 0 Å². The summed E-state index contributed by atoms with van der Waals surface area (Å²) in [7, 11) is 2.10. The van der Waals surface area contributed by atoms with E-state index in [1.807, 2.05) is 0 Å². The highest BCUT2D eigenvalue weighted by Gasteiger charge is 2.10. The van der Waals surface area contributed by atoms with Crippen molar-refractivity contribution in [3.05, 3.63) is 0 Å². The maximum absolute atomic E-state index is 10.9. The smallest absolute Gasteiger partial charge is 0.233 e. The average molecular weight is 215 g/mol. The van der Waals surface area contributed by atoms with Crippen molar-refractivity contribution in [2.75, 3.05) is 13.6 Å². The van der Waals surface area contributed by atoms with E-state index in [4.69, 9.17) is 5.84 Å². The molecule has 0 aromatic heterocycles. The van der Waals surface area contributed by atoms with Crippen LogP contribution in [0.2, 0.25) is 0 Å². The van der Waals surface area contributed by atoms with Crippen LogP contribution in [-0.2, 0) is 4.79 Å². The fourth-order valence-corrected chi connectivity index (χ4v) is 1.64. The van der Waals surface area contributed by atoms with E-state index in [1.54, 1.807) is 0 Å². The first-order valence-corrected chi connectivity index (χ1v) is 5.67. The van der Waals surface area contributed by atoms with Crippen molar-refractivity contribution in [1.82, 2.24) is 10.3 Å². The Hall–Kier alpha value is -0.610. The van der Waals surface area contributed by atoms with Gasteiger partial charge in [0.2, 0.25) is 5.91 Å². The maximum atomic E-state index is 10.9. The SMILES string of the molecule is CC(C)CC(C)N(C)CCCC(=O)NN. The van der Waals surface area contributed by atoms with Crippen LogP contribution < -0.4 is 11.3 Å². The molecule has 0 bridgehead atoms. The molecular weight excluding hydrogens is 190 g/mol. The van der Waals surface area contributed by atoms with Crippen molar-refractivity contribution < 1.29 is 4.79 Å². The molecule has 0 aliphatic rings. The number of carbonyl (C=O) groups is 1. The molecule has 4 nitrogen and oxygen atoms in total. The summed E-state index contributed by atoms with van der Waals surface area (Å²) in [6.45, 7) is 7.63. The van der Waals surface area contributed by atoms with Gasteiger partial charge in [-0.15, -0.1) is 0 Å². The highest BCUT2D eigenvalue weighted by Crippen LogP contribution is 2.09. The van der Waals surface area contributed by atoms with Crippen molar-refractivity contribution in [2.45, 2.75) is 46.1 Å². The summed E-state index contributed by atoms with van der Waals surface area (Å²) >= 11 is 0. The van der Waals surface area contributed by atoms with Crippen LogP contribution in [0, 0.1) is 5.92 Å². The Bertz CT molecular complexity index is 183. The molecule has 0 saturated carbocycles. The van der Waals surface area contributed by atoms with Gasteiger partial charge in [0.05, 0.1) is 0 Å². The number of hydrogen-bond acceptors (Lipinski definition) is 3. The minimum absolute atomic E-state index is 0.0834. The van der Waals surface area contributed by atoms with E-state index in [2.05, 4.69) is 38.1 Å². The quantitative estimate of drug-likeness (QED) is 0.380. The highest BCUT2D eigenvalue weighted by molar-refractivity contribution is 5.75. The number of hydrazine groups is 1. The summed E-state index contributed by atoms with van der Waals surface area (Å²) in [6.07, 6.45) is 2.57. The van der Waals surface area contributed by atoms with Gasteiger partial charge >= 0.3 is 0 Å². The van der Waals surface area contributed by atoms with Crippen LogP contribution in [0.4, 0.5) is 0 Å². The fraction of sp³-hybridized carbons (Fsp3) is 0.909. The van der Waals surface area contributed by atoms with Crippen LogP contribution in [0.3, 0.4) is 0 Å². The summed E-state index contributed by atoms with van der Waals surface area (Å²) in [5.41, 5.74) is 2.14. The molecule has 1 unspecified atom stereocenters. The van der Waals surface area contributed by atoms with Crippen LogP contribution >= 0.6 is 0 Å². The Balaban J connectivity index is 3.63. The molecule has 0 heterocycles. The Morgan fingerprint density at radius 2 is 2.00 bits per heavy atom. The number of carbonyl (C=O) groups excluding carboxylic acids is 1. The second kappa shape index (κ2) is 7.65. The first kappa shape index (κ1) is 14.4. The van der Waals surface area contributed by atoms with Crippen LogP contribution in [0.25, 0.3) is 0 Å². The third kappa shape index (κ3) is 7.33. The Morgan fingerprint density at radius 1 is 1.40 bits per heavy atom. The molecule has 4 heteroatoms. The van der Waals surface area contributed by atoms with Crippen molar-refractivity contribution in [3.8, 4) is 0 Å². The second-order valence-electron chi connectivity index (χ2n) is 4.63. The third-order valence-electron chi connectivity index (χ3n) is 2.64. The van der Waals surface area contributed by atoms with E-state index < -0.39 is 0 Å². The van der Waals surface area contributed by atoms with Gasteiger partial charge in [-0.25, -0.2) is 5.84 Å². The van der Waals surface area contributed by atoms with E-state index in [-0.39, 0.29) is 5.91 Å². The molecule has 3 N–H and O–H groups in total. The van der Waals surface area contributed by atoms with Crippen LogP contribution in [0.1, 0.15) is 40.0 Å². The van der Waals surface area contributed by atoms with Gasteiger partial charge in [-0.05, 0) is 39.3 Å². The first-order chi connectivity index (χ1) is 6.97. The molecule has 0 radical (unpaired) electrons. The molecular formula is C11H25N3O. The zero-order chi connectivity index (χ0) is 11.8. The van der Waals surface area contributed by atoms with Crippen LogP contribution in [0.15, 0.2) is 0 Å². The number of nitrogens with two attached hydrogens (primary N) is 1. The van der Waals surface area contributed by atoms with Gasteiger partial charge in [-0.1, -0.05) is 13.8 Å². The van der Waals surface area contributed by atoms with E-state index in [0.29, 0.717) is 12.5 Å². The van der Waals surface area contributed by atoms with Crippen molar-refractivity contribution in [3.63, 3.8) is 0 Å². The maximum Gasteiger partial charge on any atom is 0.233 e. The summed E-state index contributed by atoms with van der Waals surface area (Å²) in [5.74, 6) is 5.64. The number of nitrogens with zero attached hydrogens (tertiary/aromatic N) is 1. The molecule has 0 aromatic rings. The summed E-state index contributed by atoms with van der Waals surface area (Å²) in [6, 6.07) is 0.575. The van der Waals surface area contributed by atoms with Gasteiger partial charge in [0, 0.05) is 12.5 Å². The lowest BCUT2D eigenvalue weighted by Gasteiger charge is -2.25. The molecule has 0 fully saturated rings. The van der Waals surface area contributed by atoms with Crippen LogP contribution in [0.5, 0.6) is 0 Å². The van der Waals surface area contributed by atoms with Crippen LogP contribution in [-0.4, -0.2) is 30.4 Å². The first-order valence-electron chi connectivity index (χ1n) is 5.67. The van der Waals surface area contributed by atoms with Gasteiger partial charge in [-0.3, -0.25) is 10.2 Å². The molecule has 0 aromatic carbocycles. The van der Waals surface area contributed by atoms with Gasteiger partial charge < -0.3 is 4.90 Å². The lowest BCUT2D eigenvalue weighted by Crippen LogP contribution is -2.33. The predicted molar refractivity (Wildman–Crippen MR) is 63.1 cm³/mol. The molecule has 0 spiro atoms. The van der Waals surface area contributed by atoms with Crippen molar-refractivity contribution in [1.29, 1.82) is 0 Å². The molecule has 0 aliphatic carbocycles. The van der Waals surface area contributed by atoms with E-state index >= 15 is 0 Å². The minimum atomic E-state index is -0.0834. The zero-order valence-electron chi connectivity index (χ0n) is 10.4. The normalized spacial score (nSPS) is 13.3. The Morgan fingerprint density at radius 3 is 2.47 bits per heavy atom. The second-order valence-corrected chi connectivity index (χ2v) is 4.63. The van der Waals surface area contributed by atoms with E-state index in [9.17, 15) is 4.79 Å². The molecule has 90 valence electrons. The summed E-state index contributed by atoms with van der Waals surface area (Å²) < 4.78 is 0.